The maximum absolute atomic E-state index is 13.8. The van der Waals surface area contributed by atoms with Crippen molar-refractivity contribution in [3.63, 3.8) is 0 Å². The molecule has 1 amide bonds. The number of carbonyl (C=O) groups excluding carboxylic acids is 1. The van der Waals surface area contributed by atoms with Gasteiger partial charge in [0.05, 0.1) is 16.8 Å². The highest BCUT2D eigenvalue weighted by molar-refractivity contribution is 7.99. The Bertz CT molecular complexity index is 1420. The van der Waals surface area contributed by atoms with Crippen LogP contribution in [-0.4, -0.2) is 46.2 Å². The van der Waals surface area contributed by atoms with Crippen LogP contribution >= 0.6 is 34.7 Å². The lowest BCUT2D eigenvalue weighted by molar-refractivity contribution is -0.118. The molecule has 1 aliphatic heterocycles. The SMILES string of the molecule is CN1CCc2c(sc3nc(SCC(=O)NCCc4ccccc4)n(-c4ccc(Cl)cc4)c(=O)c23)C1. The first kappa shape index (κ1) is 24.1. The lowest BCUT2D eigenvalue weighted by atomic mass is 10.1. The van der Waals surface area contributed by atoms with Crippen molar-refractivity contribution in [1.82, 2.24) is 19.8 Å². The van der Waals surface area contributed by atoms with Gasteiger partial charge >= 0.3 is 0 Å². The summed E-state index contributed by atoms with van der Waals surface area (Å²) in [6.07, 6.45) is 1.60. The lowest BCUT2D eigenvalue weighted by Crippen LogP contribution is -2.28. The molecule has 0 radical (unpaired) electrons. The second-order valence-electron chi connectivity index (χ2n) is 8.56. The van der Waals surface area contributed by atoms with E-state index in [9.17, 15) is 9.59 Å². The molecule has 0 spiro atoms. The summed E-state index contributed by atoms with van der Waals surface area (Å²) in [5.41, 5.74) is 2.88. The maximum atomic E-state index is 13.8. The summed E-state index contributed by atoms with van der Waals surface area (Å²) in [6.45, 7) is 2.30. The van der Waals surface area contributed by atoms with Gasteiger partial charge in [-0.1, -0.05) is 53.7 Å². The van der Waals surface area contributed by atoms with Crippen LogP contribution in [0.3, 0.4) is 0 Å². The first-order valence-corrected chi connectivity index (χ1v) is 13.6. The molecular weight excluding hydrogens is 500 g/mol. The van der Waals surface area contributed by atoms with Gasteiger partial charge in [0, 0.05) is 29.5 Å². The first-order chi connectivity index (χ1) is 17.0. The van der Waals surface area contributed by atoms with Crippen LogP contribution in [0.15, 0.2) is 64.5 Å². The van der Waals surface area contributed by atoms with Crippen LogP contribution in [-0.2, 0) is 24.2 Å². The number of benzene rings is 2. The van der Waals surface area contributed by atoms with Crippen LogP contribution in [0.1, 0.15) is 16.0 Å². The van der Waals surface area contributed by atoms with Gasteiger partial charge in [-0.25, -0.2) is 4.98 Å². The molecule has 5 rings (SSSR count). The number of thiophene rings is 1. The summed E-state index contributed by atoms with van der Waals surface area (Å²) in [5, 5.41) is 4.77. The van der Waals surface area contributed by atoms with E-state index in [0.717, 1.165) is 36.3 Å². The van der Waals surface area contributed by atoms with Gasteiger partial charge in [-0.05, 0) is 55.3 Å². The number of fused-ring (bicyclic) bond motifs is 3. The zero-order chi connectivity index (χ0) is 24.4. The Kier molecular flexibility index (Phi) is 7.24. The Morgan fingerprint density at radius 2 is 1.94 bits per heavy atom. The van der Waals surface area contributed by atoms with Crippen LogP contribution in [0.4, 0.5) is 0 Å². The largest absolute Gasteiger partial charge is 0.355 e. The molecule has 2 aromatic carbocycles. The van der Waals surface area contributed by atoms with Gasteiger partial charge in [0.15, 0.2) is 5.16 Å². The van der Waals surface area contributed by atoms with E-state index in [4.69, 9.17) is 16.6 Å². The van der Waals surface area contributed by atoms with Gasteiger partial charge < -0.3 is 10.2 Å². The minimum absolute atomic E-state index is 0.0879. The molecule has 0 fully saturated rings. The van der Waals surface area contributed by atoms with Gasteiger partial charge in [-0.2, -0.15) is 0 Å². The van der Waals surface area contributed by atoms with Gasteiger partial charge in [-0.3, -0.25) is 14.2 Å². The molecule has 9 heteroatoms. The van der Waals surface area contributed by atoms with Crippen molar-refractivity contribution in [3.05, 3.63) is 86.0 Å². The number of carbonyl (C=O) groups is 1. The van der Waals surface area contributed by atoms with E-state index < -0.39 is 0 Å². The molecule has 3 heterocycles. The molecule has 6 nitrogen and oxygen atoms in total. The van der Waals surface area contributed by atoms with Crippen molar-refractivity contribution < 1.29 is 4.79 Å². The Hall–Kier alpha value is -2.65. The minimum atomic E-state index is -0.0913. The molecule has 1 aliphatic rings. The second-order valence-corrected chi connectivity index (χ2v) is 11.0. The molecule has 4 aromatic rings. The molecule has 2 aromatic heterocycles. The predicted octanol–water partition coefficient (Wildman–Crippen LogP) is 4.54. The number of rotatable bonds is 7. The van der Waals surface area contributed by atoms with Crippen LogP contribution in [0.5, 0.6) is 0 Å². The number of nitrogens with zero attached hydrogens (tertiary/aromatic N) is 3. The fraction of sp³-hybridized carbons (Fsp3) is 0.269. The predicted molar refractivity (Wildman–Crippen MR) is 144 cm³/mol. The highest BCUT2D eigenvalue weighted by Crippen LogP contribution is 2.34. The second kappa shape index (κ2) is 10.5. The van der Waals surface area contributed by atoms with Crippen molar-refractivity contribution in [1.29, 1.82) is 0 Å². The molecule has 1 N–H and O–H groups in total. The zero-order valence-electron chi connectivity index (χ0n) is 19.3. The van der Waals surface area contributed by atoms with Crippen LogP contribution in [0.25, 0.3) is 15.9 Å². The Balaban J connectivity index is 1.42. The van der Waals surface area contributed by atoms with Crippen LogP contribution in [0.2, 0.25) is 5.02 Å². The zero-order valence-corrected chi connectivity index (χ0v) is 21.7. The number of hydrogen-bond acceptors (Lipinski definition) is 6. The molecule has 0 atom stereocenters. The highest BCUT2D eigenvalue weighted by atomic mass is 35.5. The summed E-state index contributed by atoms with van der Waals surface area (Å²) in [7, 11) is 2.09. The van der Waals surface area contributed by atoms with Crippen molar-refractivity contribution in [2.24, 2.45) is 0 Å². The van der Waals surface area contributed by atoms with Crippen molar-refractivity contribution in [2.45, 2.75) is 24.5 Å². The molecule has 0 saturated heterocycles. The van der Waals surface area contributed by atoms with Crippen molar-refractivity contribution in [2.75, 3.05) is 25.9 Å². The van der Waals surface area contributed by atoms with Crippen molar-refractivity contribution in [3.8, 4) is 5.69 Å². The number of halogens is 1. The fourth-order valence-electron chi connectivity index (χ4n) is 4.24. The Morgan fingerprint density at radius 3 is 2.71 bits per heavy atom. The lowest BCUT2D eigenvalue weighted by Gasteiger charge is -2.21. The van der Waals surface area contributed by atoms with E-state index in [1.807, 2.05) is 42.5 Å². The highest BCUT2D eigenvalue weighted by Gasteiger charge is 2.24. The standard InChI is InChI=1S/C26H25ClN4O2S2/c1-30-14-12-20-21(15-30)35-24-23(20)25(33)31(19-9-7-18(27)8-10-19)26(29-24)34-16-22(32)28-13-11-17-5-3-2-4-6-17/h2-10H,11-16H2,1H3,(H,28,32). The Morgan fingerprint density at radius 1 is 1.17 bits per heavy atom. The summed E-state index contributed by atoms with van der Waals surface area (Å²) in [6, 6.07) is 17.2. The number of likely N-dealkylation sites (N-methyl/N-ethyl adjacent to an activating group) is 1. The number of thioether (sulfide) groups is 1. The maximum Gasteiger partial charge on any atom is 0.267 e. The van der Waals surface area contributed by atoms with Gasteiger partial charge in [0.1, 0.15) is 4.83 Å². The molecule has 35 heavy (non-hydrogen) atoms. The third-order valence-electron chi connectivity index (χ3n) is 6.03. The van der Waals surface area contributed by atoms with Gasteiger partial charge in [0.25, 0.3) is 5.56 Å². The number of aromatic nitrogens is 2. The average molecular weight is 525 g/mol. The van der Waals surface area contributed by atoms with Crippen molar-refractivity contribution >= 4 is 50.8 Å². The summed E-state index contributed by atoms with van der Waals surface area (Å²) < 4.78 is 1.62. The smallest absolute Gasteiger partial charge is 0.267 e. The monoisotopic (exact) mass is 524 g/mol. The molecule has 0 bridgehead atoms. The molecule has 0 saturated carbocycles. The van der Waals surface area contributed by atoms with Gasteiger partial charge in [0.2, 0.25) is 5.91 Å². The summed E-state index contributed by atoms with van der Waals surface area (Å²) in [4.78, 5) is 35.4. The summed E-state index contributed by atoms with van der Waals surface area (Å²) in [5.74, 6) is 0.0868. The Labute approximate surface area is 216 Å². The fourth-order valence-corrected chi connectivity index (χ4v) is 6.55. The van der Waals surface area contributed by atoms with Crippen LogP contribution in [0, 0.1) is 0 Å². The molecule has 180 valence electrons. The number of hydrogen-bond donors (Lipinski definition) is 1. The quantitative estimate of drug-likeness (QED) is 0.284. The first-order valence-electron chi connectivity index (χ1n) is 11.4. The molecule has 0 unspecified atom stereocenters. The van der Waals surface area contributed by atoms with E-state index in [1.54, 1.807) is 28.0 Å². The van der Waals surface area contributed by atoms with Gasteiger partial charge in [-0.15, -0.1) is 11.3 Å². The summed E-state index contributed by atoms with van der Waals surface area (Å²) >= 11 is 8.96. The normalized spacial score (nSPS) is 13.7. The van der Waals surface area contributed by atoms with E-state index in [1.165, 1.54) is 22.2 Å². The number of amides is 1. The molecular formula is C26H25ClN4O2S2. The molecule has 0 aliphatic carbocycles. The van der Waals surface area contributed by atoms with Crippen LogP contribution < -0.4 is 10.9 Å². The third-order valence-corrected chi connectivity index (χ3v) is 8.33. The third kappa shape index (κ3) is 5.30. The number of nitrogens with one attached hydrogen (secondary N) is 1. The van der Waals surface area contributed by atoms with E-state index in [0.29, 0.717) is 27.8 Å². The van der Waals surface area contributed by atoms with E-state index in [2.05, 4.69) is 17.3 Å². The topological polar surface area (TPSA) is 67.2 Å². The van der Waals surface area contributed by atoms with E-state index in [-0.39, 0.29) is 17.2 Å². The van der Waals surface area contributed by atoms with E-state index >= 15 is 0 Å². The average Bonchev–Trinajstić information content (AvgIpc) is 3.22. The minimum Gasteiger partial charge on any atom is -0.355 e.